The number of hydrogen-bond donors (Lipinski definition) is 1. The van der Waals surface area contributed by atoms with Crippen LogP contribution in [0.25, 0.3) is 0 Å². The smallest absolute Gasteiger partial charge is 0.310 e. The summed E-state index contributed by atoms with van der Waals surface area (Å²) in [5.41, 5.74) is 3.95. The van der Waals surface area contributed by atoms with Crippen molar-refractivity contribution in [1.82, 2.24) is 4.98 Å². The van der Waals surface area contributed by atoms with Crippen molar-refractivity contribution in [2.75, 3.05) is 6.61 Å². The number of aromatic nitrogens is 1. The van der Waals surface area contributed by atoms with E-state index in [9.17, 15) is 18.0 Å². The van der Waals surface area contributed by atoms with Crippen LogP contribution in [0.2, 0.25) is 5.02 Å². The number of carbonyl (C=O) groups excluding carboxylic acids is 1. The van der Waals surface area contributed by atoms with Crippen molar-refractivity contribution >= 4 is 23.4 Å². The van der Waals surface area contributed by atoms with Crippen LogP contribution in [-0.2, 0) is 16.7 Å². The largest absolute Gasteiger partial charge is 0.459 e. The van der Waals surface area contributed by atoms with Gasteiger partial charge in [0.25, 0.3) is 6.02 Å². The van der Waals surface area contributed by atoms with E-state index in [4.69, 9.17) is 17.3 Å². The summed E-state index contributed by atoms with van der Waals surface area (Å²) in [5, 5.41) is 0.392. The average molecular weight is 412 g/mol. The van der Waals surface area contributed by atoms with Crippen LogP contribution in [0.3, 0.4) is 0 Å². The Kier molecular flexibility index (Phi) is 5.10. The second-order valence-corrected chi connectivity index (χ2v) is 7.19. The van der Waals surface area contributed by atoms with E-state index in [1.165, 1.54) is 18.3 Å². The Morgan fingerprint density at radius 2 is 2.07 bits per heavy atom. The summed E-state index contributed by atoms with van der Waals surface area (Å²) in [6, 6.07) is 4.74. The van der Waals surface area contributed by atoms with E-state index in [1.807, 2.05) is 0 Å². The summed E-state index contributed by atoms with van der Waals surface area (Å²) in [6.45, 7) is 1.75. The van der Waals surface area contributed by atoms with Crippen molar-refractivity contribution in [3.05, 3.63) is 63.7 Å². The van der Waals surface area contributed by atoms with Gasteiger partial charge in [-0.15, -0.1) is 0 Å². The van der Waals surface area contributed by atoms with E-state index >= 15 is 0 Å². The standard InChI is InChI=1S/C19H17ClF3N3O2/c1-10-5-12(20)8-25-16(10)15(27)7-11-3-4-14(21)13(6-11)18(2)19(22,23)9-28-17(24)26-18/h3-6,8H,7,9H2,1-2H3,(H2,24,26)/t18-/m1/s1. The normalized spacial score (nSPS) is 21.0. The molecule has 0 unspecified atom stereocenters. The van der Waals surface area contributed by atoms with Gasteiger partial charge in [-0.3, -0.25) is 9.78 Å². The van der Waals surface area contributed by atoms with Gasteiger partial charge in [-0.1, -0.05) is 17.7 Å². The van der Waals surface area contributed by atoms with Crippen LogP contribution in [0.15, 0.2) is 35.5 Å². The van der Waals surface area contributed by atoms with Gasteiger partial charge in [-0.25, -0.2) is 9.38 Å². The van der Waals surface area contributed by atoms with E-state index in [0.29, 0.717) is 16.1 Å². The first-order chi connectivity index (χ1) is 13.0. The number of aryl methyl sites for hydroxylation is 1. The SMILES string of the molecule is Cc1cc(Cl)cnc1C(=O)Cc1ccc(F)c([C@@]2(C)N=C(N)OCC2(F)F)c1. The first-order valence-corrected chi connectivity index (χ1v) is 8.71. The molecule has 0 saturated heterocycles. The molecule has 9 heteroatoms. The van der Waals surface area contributed by atoms with Gasteiger partial charge in [0.2, 0.25) is 0 Å². The molecule has 148 valence electrons. The lowest BCUT2D eigenvalue weighted by molar-refractivity contribution is -0.117. The Morgan fingerprint density at radius 3 is 2.75 bits per heavy atom. The zero-order valence-electron chi connectivity index (χ0n) is 15.1. The Hall–Kier alpha value is -2.61. The zero-order chi connectivity index (χ0) is 20.7. The molecule has 2 aromatic rings. The molecular formula is C19H17ClF3N3O2. The van der Waals surface area contributed by atoms with Crippen LogP contribution in [-0.4, -0.2) is 29.3 Å². The van der Waals surface area contributed by atoms with E-state index in [0.717, 1.165) is 13.0 Å². The zero-order valence-corrected chi connectivity index (χ0v) is 15.9. The van der Waals surface area contributed by atoms with Crippen LogP contribution < -0.4 is 5.73 Å². The maximum Gasteiger partial charge on any atom is 0.310 e. The lowest BCUT2D eigenvalue weighted by Gasteiger charge is -2.37. The first kappa shape index (κ1) is 20.1. The number of amidine groups is 1. The second kappa shape index (κ2) is 7.09. The maximum absolute atomic E-state index is 14.5. The highest BCUT2D eigenvalue weighted by Gasteiger charge is 2.56. The first-order valence-electron chi connectivity index (χ1n) is 8.34. The summed E-state index contributed by atoms with van der Waals surface area (Å²) < 4.78 is 48.0. The van der Waals surface area contributed by atoms with Gasteiger partial charge in [0, 0.05) is 18.2 Å². The van der Waals surface area contributed by atoms with Crippen LogP contribution in [0.1, 0.15) is 34.1 Å². The molecule has 1 aliphatic heterocycles. The number of nitrogens with two attached hydrogens (primary N) is 1. The van der Waals surface area contributed by atoms with Gasteiger partial charge >= 0.3 is 5.92 Å². The topological polar surface area (TPSA) is 77.6 Å². The highest BCUT2D eigenvalue weighted by molar-refractivity contribution is 6.30. The van der Waals surface area contributed by atoms with Crippen LogP contribution in [0, 0.1) is 12.7 Å². The average Bonchev–Trinajstić information content (AvgIpc) is 2.60. The number of pyridine rings is 1. The summed E-state index contributed by atoms with van der Waals surface area (Å²) in [5.74, 6) is -4.72. The monoisotopic (exact) mass is 411 g/mol. The van der Waals surface area contributed by atoms with E-state index < -0.39 is 29.9 Å². The van der Waals surface area contributed by atoms with Gasteiger partial charge in [-0.05, 0) is 43.2 Å². The fourth-order valence-electron chi connectivity index (χ4n) is 3.05. The van der Waals surface area contributed by atoms with Gasteiger partial charge in [-0.2, -0.15) is 8.78 Å². The highest BCUT2D eigenvalue weighted by Crippen LogP contribution is 2.44. The fourth-order valence-corrected chi connectivity index (χ4v) is 3.27. The Morgan fingerprint density at radius 1 is 1.36 bits per heavy atom. The molecule has 1 aromatic heterocycles. The van der Waals surface area contributed by atoms with Crippen LogP contribution in [0.4, 0.5) is 13.2 Å². The number of ether oxygens (including phenoxy) is 1. The summed E-state index contributed by atoms with van der Waals surface area (Å²) in [4.78, 5) is 20.3. The predicted molar refractivity (Wildman–Crippen MR) is 98.3 cm³/mol. The van der Waals surface area contributed by atoms with Crippen molar-refractivity contribution in [3.8, 4) is 0 Å². The molecule has 1 aromatic carbocycles. The minimum absolute atomic E-state index is 0.153. The molecule has 1 aliphatic rings. The molecule has 28 heavy (non-hydrogen) atoms. The van der Waals surface area contributed by atoms with Crippen molar-refractivity contribution in [1.29, 1.82) is 0 Å². The Bertz CT molecular complexity index is 981. The molecule has 1 atom stereocenters. The molecule has 0 spiro atoms. The number of benzene rings is 1. The minimum Gasteiger partial charge on any atom is -0.459 e. The number of rotatable bonds is 4. The van der Waals surface area contributed by atoms with Crippen molar-refractivity contribution in [2.24, 2.45) is 10.7 Å². The van der Waals surface area contributed by atoms with Gasteiger partial charge in [0.05, 0.1) is 5.02 Å². The molecular weight excluding hydrogens is 395 g/mol. The fraction of sp³-hybridized carbons (Fsp3) is 0.316. The van der Waals surface area contributed by atoms with E-state index in [2.05, 4.69) is 14.7 Å². The van der Waals surface area contributed by atoms with E-state index in [-0.39, 0.29) is 23.5 Å². The molecule has 0 fully saturated rings. The predicted octanol–water partition coefficient (Wildman–Crippen LogP) is 3.80. The van der Waals surface area contributed by atoms with E-state index in [1.54, 1.807) is 13.0 Å². The highest BCUT2D eigenvalue weighted by atomic mass is 35.5. The molecule has 0 saturated carbocycles. The Labute approximate surface area is 164 Å². The van der Waals surface area contributed by atoms with Crippen molar-refractivity contribution in [3.63, 3.8) is 0 Å². The quantitative estimate of drug-likeness (QED) is 0.776. The third kappa shape index (κ3) is 3.56. The number of nitrogens with zero attached hydrogens (tertiary/aromatic N) is 2. The molecule has 2 N–H and O–H groups in total. The molecule has 0 amide bonds. The third-order valence-electron chi connectivity index (χ3n) is 4.68. The molecule has 0 bridgehead atoms. The minimum atomic E-state index is -3.49. The maximum atomic E-state index is 14.5. The summed E-state index contributed by atoms with van der Waals surface area (Å²) >= 11 is 5.84. The Balaban J connectivity index is 1.98. The summed E-state index contributed by atoms with van der Waals surface area (Å²) in [6.07, 6.45) is 1.19. The molecule has 5 nitrogen and oxygen atoms in total. The number of hydrogen-bond acceptors (Lipinski definition) is 5. The second-order valence-electron chi connectivity index (χ2n) is 6.75. The van der Waals surface area contributed by atoms with Gasteiger partial charge in [0.1, 0.15) is 11.5 Å². The molecule has 0 aliphatic carbocycles. The number of ketones is 1. The molecule has 2 heterocycles. The van der Waals surface area contributed by atoms with Crippen molar-refractivity contribution < 1.29 is 22.7 Å². The third-order valence-corrected chi connectivity index (χ3v) is 4.88. The number of carbonyl (C=O) groups is 1. The van der Waals surface area contributed by atoms with Crippen LogP contribution in [0.5, 0.6) is 0 Å². The lowest BCUT2D eigenvalue weighted by atomic mass is 9.84. The molecule has 3 rings (SSSR count). The number of Topliss-reactive ketones (excluding diaryl/α,β-unsaturated/α-hetero) is 1. The van der Waals surface area contributed by atoms with Crippen LogP contribution >= 0.6 is 11.6 Å². The number of aliphatic imine (C=N–C) groups is 1. The van der Waals surface area contributed by atoms with Crippen molar-refractivity contribution in [2.45, 2.75) is 31.7 Å². The molecule has 0 radical (unpaired) electrons. The summed E-state index contributed by atoms with van der Waals surface area (Å²) in [7, 11) is 0. The number of alkyl halides is 2. The number of halogens is 4. The van der Waals surface area contributed by atoms with Gasteiger partial charge in [0.15, 0.2) is 17.9 Å². The van der Waals surface area contributed by atoms with Gasteiger partial charge < -0.3 is 10.5 Å². The lowest BCUT2D eigenvalue weighted by Crippen LogP contribution is -2.51.